The van der Waals surface area contributed by atoms with Crippen molar-refractivity contribution in [1.82, 2.24) is 5.32 Å². The van der Waals surface area contributed by atoms with Gasteiger partial charge in [0.2, 0.25) is 0 Å². The Morgan fingerprint density at radius 2 is 1.60 bits per heavy atom. The van der Waals surface area contributed by atoms with E-state index in [1.54, 1.807) is 45.0 Å². The van der Waals surface area contributed by atoms with Crippen molar-refractivity contribution in [2.24, 2.45) is 0 Å². The first-order chi connectivity index (χ1) is 20.1. The number of rotatable bonds is 8. The number of benzene rings is 4. The Labute approximate surface area is 240 Å². The standard InChI is InChI=1S/C33H27FN2O6/c1-4-41-32(38)28-23-12-8-9-13-26(23)42-30(28)24-18-19-25(36(39)40)29(27(24)20-14-16-22(34)17-15-20)31(37)35-33(2,3)21-10-6-5-7-11-21/h5-19H,4H2,1-3H3,(H,35,37). The van der Waals surface area contributed by atoms with E-state index in [9.17, 15) is 24.1 Å². The SMILES string of the molecule is CCOC(=O)c1c(-c2ccc([N+](=O)[O-])c(C(=O)NC(C)(C)c3ccccc3)c2-c2ccc(F)cc2)oc2ccccc12. The zero-order valence-electron chi connectivity index (χ0n) is 23.1. The summed E-state index contributed by atoms with van der Waals surface area (Å²) >= 11 is 0. The van der Waals surface area contributed by atoms with Gasteiger partial charge in [-0.2, -0.15) is 0 Å². The monoisotopic (exact) mass is 566 g/mol. The number of nitrogens with one attached hydrogen (secondary N) is 1. The van der Waals surface area contributed by atoms with Gasteiger partial charge in [-0.25, -0.2) is 9.18 Å². The Kier molecular flexibility index (Phi) is 7.58. The van der Waals surface area contributed by atoms with E-state index in [-0.39, 0.29) is 34.6 Å². The molecule has 0 atom stereocenters. The lowest BCUT2D eigenvalue weighted by Crippen LogP contribution is -2.41. The number of amides is 1. The molecule has 8 nitrogen and oxygen atoms in total. The van der Waals surface area contributed by atoms with Gasteiger partial charge in [-0.15, -0.1) is 0 Å². The highest BCUT2D eigenvalue weighted by Crippen LogP contribution is 2.44. The van der Waals surface area contributed by atoms with E-state index in [0.717, 1.165) is 5.56 Å². The molecule has 1 aromatic heterocycles. The summed E-state index contributed by atoms with van der Waals surface area (Å²) in [7, 11) is 0. The van der Waals surface area contributed by atoms with E-state index >= 15 is 0 Å². The van der Waals surface area contributed by atoms with Crippen LogP contribution in [0.5, 0.6) is 0 Å². The van der Waals surface area contributed by atoms with Gasteiger partial charge in [0.1, 0.15) is 22.5 Å². The Balaban J connectivity index is 1.82. The van der Waals surface area contributed by atoms with Crippen LogP contribution < -0.4 is 5.32 Å². The highest BCUT2D eigenvalue weighted by molar-refractivity contribution is 6.13. The van der Waals surface area contributed by atoms with E-state index in [0.29, 0.717) is 16.5 Å². The minimum absolute atomic E-state index is 0.0697. The number of ether oxygens (including phenoxy) is 1. The fourth-order valence-electron chi connectivity index (χ4n) is 4.99. The number of fused-ring (bicyclic) bond motifs is 1. The third-order valence-electron chi connectivity index (χ3n) is 6.98. The van der Waals surface area contributed by atoms with Crippen molar-refractivity contribution in [1.29, 1.82) is 0 Å². The van der Waals surface area contributed by atoms with Crippen LogP contribution in [0.2, 0.25) is 0 Å². The first-order valence-corrected chi connectivity index (χ1v) is 13.3. The van der Waals surface area contributed by atoms with Crippen molar-refractivity contribution < 1.29 is 28.1 Å². The highest BCUT2D eigenvalue weighted by Gasteiger charge is 2.34. The Morgan fingerprint density at radius 1 is 0.929 bits per heavy atom. The maximum Gasteiger partial charge on any atom is 0.342 e. The average Bonchev–Trinajstić information content (AvgIpc) is 3.37. The topological polar surface area (TPSA) is 112 Å². The fraction of sp³-hybridized carbons (Fsp3) is 0.152. The molecule has 0 saturated heterocycles. The van der Waals surface area contributed by atoms with Gasteiger partial charge in [0.05, 0.1) is 17.1 Å². The third kappa shape index (κ3) is 5.24. The van der Waals surface area contributed by atoms with E-state index in [2.05, 4.69) is 5.32 Å². The Bertz CT molecular complexity index is 1810. The molecule has 0 aliphatic carbocycles. The highest BCUT2D eigenvalue weighted by atomic mass is 19.1. The summed E-state index contributed by atoms with van der Waals surface area (Å²) in [6, 6.07) is 23.9. The van der Waals surface area contributed by atoms with Crippen molar-refractivity contribution in [3.63, 3.8) is 0 Å². The van der Waals surface area contributed by atoms with Crippen LogP contribution in [0.1, 0.15) is 47.1 Å². The van der Waals surface area contributed by atoms with Crippen LogP contribution in [0.25, 0.3) is 33.4 Å². The summed E-state index contributed by atoms with van der Waals surface area (Å²) in [6.45, 7) is 5.34. The van der Waals surface area contributed by atoms with Crippen molar-refractivity contribution in [2.45, 2.75) is 26.3 Å². The van der Waals surface area contributed by atoms with Crippen molar-refractivity contribution in [3.8, 4) is 22.5 Å². The second kappa shape index (κ2) is 11.3. The number of hydrogen-bond donors (Lipinski definition) is 1. The molecule has 0 spiro atoms. The van der Waals surface area contributed by atoms with E-state index in [1.165, 1.54) is 36.4 Å². The van der Waals surface area contributed by atoms with Gasteiger partial charge in [-0.3, -0.25) is 14.9 Å². The van der Waals surface area contributed by atoms with Gasteiger partial charge in [0.25, 0.3) is 11.6 Å². The van der Waals surface area contributed by atoms with Gasteiger partial charge in [0, 0.05) is 22.6 Å². The zero-order chi connectivity index (χ0) is 30.0. The molecule has 0 bridgehead atoms. The molecule has 0 fully saturated rings. The van der Waals surface area contributed by atoms with Crippen LogP contribution in [-0.4, -0.2) is 23.4 Å². The number of hydrogen-bond acceptors (Lipinski definition) is 6. The van der Waals surface area contributed by atoms with Crippen LogP contribution in [0.4, 0.5) is 10.1 Å². The molecule has 212 valence electrons. The molecule has 0 radical (unpaired) electrons. The molecule has 1 N–H and O–H groups in total. The summed E-state index contributed by atoms with van der Waals surface area (Å²) in [5.41, 5.74) is 0.282. The van der Waals surface area contributed by atoms with Crippen LogP contribution in [0, 0.1) is 15.9 Å². The second-order valence-corrected chi connectivity index (χ2v) is 10.1. The number of carbonyl (C=O) groups excluding carboxylic acids is 2. The maximum atomic E-state index is 14.1. The largest absolute Gasteiger partial charge is 0.462 e. The minimum Gasteiger partial charge on any atom is -0.462 e. The average molecular weight is 567 g/mol. The van der Waals surface area contributed by atoms with E-state index < -0.39 is 33.8 Å². The van der Waals surface area contributed by atoms with Crippen molar-refractivity contribution in [2.75, 3.05) is 6.61 Å². The van der Waals surface area contributed by atoms with Crippen LogP contribution >= 0.6 is 0 Å². The van der Waals surface area contributed by atoms with Crippen LogP contribution in [-0.2, 0) is 10.3 Å². The molecule has 0 unspecified atom stereocenters. The number of esters is 1. The zero-order valence-corrected chi connectivity index (χ0v) is 23.1. The molecule has 9 heteroatoms. The molecule has 1 heterocycles. The molecule has 0 aliphatic heterocycles. The smallest absolute Gasteiger partial charge is 0.342 e. The number of carbonyl (C=O) groups is 2. The van der Waals surface area contributed by atoms with E-state index in [4.69, 9.17) is 9.15 Å². The lowest BCUT2D eigenvalue weighted by atomic mass is 9.88. The third-order valence-corrected chi connectivity index (χ3v) is 6.98. The van der Waals surface area contributed by atoms with Crippen LogP contribution in [0.3, 0.4) is 0 Å². The number of nitrogens with zero attached hydrogens (tertiary/aromatic N) is 1. The number of furan rings is 1. The Hall–Kier alpha value is -5.31. The summed E-state index contributed by atoms with van der Waals surface area (Å²) < 4.78 is 25.5. The number of halogens is 1. The molecular formula is C33H27FN2O6. The van der Waals surface area contributed by atoms with E-state index in [1.807, 2.05) is 30.3 Å². The number of para-hydroxylation sites is 1. The minimum atomic E-state index is -0.919. The molecular weight excluding hydrogens is 539 g/mol. The maximum absolute atomic E-state index is 14.1. The molecule has 5 aromatic rings. The predicted octanol–water partition coefficient (Wildman–Crippen LogP) is 7.66. The van der Waals surface area contributed by atoms with Gasteiger partial charge >= 0.3 is 5.97 Å². The molecule has 0 aliphatic rings. The van der Waals surface area contributed by atoms with Crippen LogP contribution in [0.15, 0.2) is 95.4 Å². The summed E-state index contributed by atoms with van der Waals surface area (Å²) in [4.78, 5) is 39.0. The van der Waals surface area contributed by atoms with Gasteiger partial charge in [-0.05, 0) is 56.2 Å². The second-order valence-electron chi connectivity index (χ2n) is 10.1. The van der Waals surface area contributed by atoms with Crippen molar-refractivity contribution in [3.05, 3.63) is 124 Å². The molecule has 4 aromatic carbocycles. The van der Waals surface area contributed by atoms with Gasteiger partial charge in [-0.1, -0.05) is 60.7 Å². The summed E-state index contributed by atoms with van der Waals surface area (Å²) in [5.74, 6) is -1.85. The van der Waals surface area contributed by atoms with Crippen molar-refractivity contribution >= 4 is 28.5 Å². The molecule has 1 amide bonds. The lowest BCUT2D eigenvalue weighted by molar-refractivity contribution is -0.385. The first-order valence-electron chi connectivity index (χ1n) is 13.3. The normalized spacial score (nSPS) is 11.3. The first kappa shape index (κ1) is 28.2. The molecule has 0 saturated carbocycles. The molecule has 42 heavy (non-hydrogen) atoms. The fourth-order valence-corrected chi connectivity index (χ4v) is 4.99. The predicted molar refractivity (Wildman–Crippen MR) is 157 cm³/mol. The quantitative estimate of drug-likeness (QED) is 0.117. The molecule has 5 rings (SSSR count). The Morgan fingerprint density at radius 3 is 2.26 bits per heavy atom. The number of nitro groups is 1. The van der Waals surface area contributed by atoms with Gasteiger partial charge < -0.3 is 14.5 Å². The summed E-state index contributed by atoms with van der Waals surface area (Å²) in [5, 5.41) is 15.7. The summed E-state index contributed by atoms with van der Waals surface area (Å²) in [6.07, 6.45) is 0. The van der Waals surface area contributed by atoms with Gasteiger partial charge in [0.15, 0.2) is 5.76 Å². The number of nitro benzene ring substituents is 1. The lowest BCUT2D eigenvalue weighted by Gasteiger charge is -2.27.